The zero-order valence-electron chi connectivity index (χ0n) is 7.05. The van der Waals surface area contributed by atoms with Crippen molar-refractivity contribution in [3.8, 4) is 0 Å². The molecule has 1 aromatic rings. The lowest BCUT2D eigenvalue weighted by Crippen LogP contribution is -2.07. The van der Waals surface area contributed by atoms with Crippen LogP contribution in [0.2, 0.25) is 0 Å². The Kier molecular flexibility index (Phi) is 2.29. The maximum absolute atomic E-state index is 10.9. The standard InChI is InChI=1S/C10H11NO/c1-4-8-5-6-9(12)11-10(8)7(2)3/h4-6H,1-2H2,3H3,(H,11,12). The first-order chi connectivity index (χ1) is 5.65. The molecule has 2 nitrogen and oxygen atoms in total. The molecule has 62 valence electrons. The summed E-state index contributed by atoms with van der Waals surface area (Å²) in [6, 6.07) is 3.21. The van der Waals surface area contributed by atoms with Gasteiger partial charge in [0.25, 0.3) is 0 Å². The highest BCUT2D eigenvalue weighted by Crippen LogP contribution is 2.12. The van der Waals surface area contributed by atoms with Gasteiger partial charge in [0.1, 0.15) is 0 Å². The number of allylic oxidation sites excluding steroid dienone is 1. The summed E-state index contributed by atoms with van der Waals surface area (Å²) >= 11 is 0. The van der Waals surface area contributed by atoms with Crippen LogP contribution in [0.15, 0.2) is 30.1 Å². The number of aromatic amines is 1. The van der Waals surface area contributed by atoms with Crippen molar-refractivity contribution in [3.63, 3.8) is 0 Å². The highest BCUT2D eigenvalue weighted by molar-refractivity contribution is 5.68. The number of pyridine rings is 1. The predicted octanol–water partition coefficient (Wildman–Crippen LogP) is 2.05. The fourth-order valence-corrected chi connectivity index (χ4v) is 1.01. The van der Waals surface area contributed by atoms with Crippen LogP contribution in [-0.2, 0) is 0 Å². The third kappa shape index (κ3) is 1.53. The lowest BCUT2D eigenvalue weighted by molar-refractivity contribution is 1.19. The van der Waals surface area contributed by atoms with Crippen molar-refractivity contribution < 1.29 is 0 Å². The third-order valence-corrected chi connectivity index (χ3v) is 1.60. The molecule has 2 heteroatoms. The van der Waals surface area contributed by atoms with E-state index in [2.05, 4.69) is 18.1 Å². The van der Waals surface area contributed by atoms with Crippen LogP contribution < -0.4 is 5.56 Å². The van der Waals surface area contributed by atoms with Crippen LogP contribution in [-0.4, -0.2) is 4.98 Å². The summed E-state index contributed by atoms with van der Waals surface area (Å²) < 4.78 is 0. The van der Waals surface area contributed by atoms with Crippen LogP contribution in [0.4, 0.5) is 0 Å². The van der Waals surface area contributed by atoms with Gasteiger partial charge >= 0.3 is 0 Å². The largest absolute Gasteiger partial charge is 0.322 e. The maximum atomic E-state index is 10.9. The van der Waals surface area contributed by atoms with Crippen LogP contribution in [0.25, 0.3) is 11.6 Å². The summed E-state index contributed by atoms with van der Waals surface area (Å²) in [6.07, 6.45) is 1.69. The smallest absolute Gasteiger partial charge is 0.248 e. The van der Waals surface area contributed by atoms with Gasteiger partial charge < -0.3 is 4.98 Å². The molecule has 0 unspecified atom stereocenters. The third-order valence-electron chi connectivity index (χ3n) is 1.60. The second kappa shape index (κ2) is 3.22. The van der Waals surface area contributed by atoms with Crippen molar-refractivity contribution in [2.75, 3.05) is 0 Å². The van der Waals surface area contributed by atoms with Crippen LogP contribution in [0.1, 0.15) is 18.2 Å². The Morgan fingerprint density at radius 2 is 2.25 bits per heavy atom. The Hall–Kier alpha value is -1.57. The summed E-state index contributed by atoms with van der Waals surface area (Å²) in [6.45, 7) is 9.24. The van der Waals surface area contributed by atoms with Gasteiger partial charge in [-0.05, 0) is 24.1 Å². The van der Waals surface area contributed by atoms with Crippen molar-refractivity contribution >= 4 is 11.6 Å². The van der Waals surface area contributed by atoms with Crippen molar-refractivity contribution in [1.82, 2.24) is 4.98 Å². The number of hydrogen-bond acceptors (Lipinski definition) is 1. The molecule has 0 aliphatic heterocycles. The molecule has 1 rings (SSSR count). The summed E-state index contributed by atoms with van der Waals surface area (Å²) in [5.41, 5.74) is 2.39. The summed E-state index contributed by atoms with van der Waals surface area (Å²) in [7, 11) is 0. The van der Waals surface area contributed by atoms with Crippen LogP contribution in [0, 0.1) is 0 Å². The maximum Gasteiger partial charge on any atom is 0.248 e. The molecule has 0 radical (unpaired) electrons. The molecule has 0 bridgehead atoms. The van der Waals surface area contributed by atoms with Crippen molar-refractivity contribution in [3.05, 3.63) is 46.9 Å². The van der Waals surface area contributed by atoms with Gasteiger partial charge in [-0.25, -0.2) is 0 Å². The van der Waals surface area contributed by atoms with Gasteiger partial charge in [-0.1, -0.05) is 19.2 Å². The van der Waals surface area contributed by atoms with E-state index < -0.39 is 0 Å². The van der Waals surface area contributed by atoms with E-state index in [-0.39, 0.29) is 5.56 Å². The lowest BCUT2D eigenvalue weighted by atomic mass is 10.1. The second-order valence-electron chi connectivity index (χ2n) is 2.64. The molecule has 0 saturated heterocycles. The molecule has 1 N–H and O–H groups in total. The van der Waals surface area contributed by atoms with Crippen LogP contribution in [0.3, 0.4) is 0 Å². The van der Waals surface area contributed by atoms with Gasteiger partial charge in [-0.3, -0.25) is 4.79 Å². The minimum absolute atomic E-state index is 0.112. The first-order valence-electron chi connectivity index (χ1n) is 3.67. The Bertz CT molecular complexity index is 374. The molecule has 0 fully saturated rings. The highest BCUT2D eigenvalue weighted by atomic mass is 16.1. The average Bonchev–Trinajstić information content (AvgIpc) is 2.04. The van der Waals surface area contributed by atoms with E-state index in [1.54, 1.807) is 12.1 Å². The second-order valence-corrected chi connectivity index (χ2v) is 2.64. The first-order valence-corrected chi connectivity index (χ1v) is 3.67. The zero-order valence-corrected chi connectivity index (χ0v) is 7.05. The molecule has 12 heavy (non-hydrogen) atoms. The number of nitrogens with one attached hydrogen (secondary N) is 1. The normalized spacial score (nSPS) is 9.42. The molecule has 0 saturated carbocycles. The minimum atomic E-state index is -0.112. The topological polar surface area (TPSA) is 32.9 Å². The molecule has 0 aromatic carbocycles. The number of aromatic nitrogens is 1. The zero-order chi connectivity index (χ0) is 9.14. The fourth-order valence-electron chi connectivity index (χ4n) is 1.01. The molecule has 0 aliphatic rings. The molecule has 0 atom stereocenters. The van der Waals surface area contributed by atoms with Gasteiger partial charge in [0.15, 0.2) is 0 Å². The SMILES string of the molecule is C=Cc1ccc(=O)[nH]c1C(=C)C. The van der Waals surface area contributed by atoms with E-state index in [1.165, 1.54) is 6.07 Å². The van der Waals surface area contributed by atoms with Crippen molar-refractivity contribution in [2.24, 2.45) is 0 Å². The molecular formula is C10H11NO. The Labute approximate surface area is 71.3 Å². The number of rotatable bonds is 2. The Balaban J connectivity index is 3.41. The van der Waals surface area contributed by atoms with E-state index in [9.17, 15) is 4.79 Å². The van der Waals surface area contributed by atoms with Crippen molar-refractivity contribution in [1.29, 1.82) is 0 Å². The molecule has 0 amide bonds. The van der Waals surface area contributed by atoms with Gasteiger partial charge in [0.2, 0.25) is 5.56 Å². The number of H-pyrrole nitrogens is 1. The van der Waals surface area contributed by atoms with E-state index in [0.717, 1.165) is 16.8 Å². The van der Waals surface area contributed by atoms with Crippen LogP contribution >= 0.6 is 0 Å². The summed E-state index contributed by atoms with van der Waals surface area (Å²) in [5.74, 6) is 0. The van der Waals surface area contributed by atoms with E-state index in [4.69, 9.17) is 0 Å². The highest BCUT2D eigenvalue weighted by Gasteiger charge is 1.99. The molecule has 1 aromatic heterocycles. The van der Waals surface area contributed by atoms with E-state index in [0.29, 0.717) is 0 Å². The molecular weight excluding hydrogens is 150 g/mol. The van der Waals surface area contributed by atoms with E-state index >= 15 is 0 Å². The van der Waals surface area contributed by atoms with Gasteiger partial charge in [0.05, 0.1) is 5.69 Å². The lowest BCUT2D eigenvalue weighted by Gasteiger charge is -2.03. The molecule has 0 spiro atoms. The summed E-state index contributed by atoms with van der Waals surface area (Å²) in [5, 5.41) is 0. The number of hydrogen-bond donors (Lipinski definition) is 1. The van der Waals surface area contributed by atoms with E-state index in [1.807, 2.05) is 6.92 Å². The quantitative estimate of drug-likeness (QED) is 0.707. The van der Waals surface area contributed by atoms with Crippen LogP contribution in [0.5, 0.6) is 0 Å². The molecule has 1 heterocycles. The monoisotopic (exact) mass is 161 g/mol. The predicted molar refractivity (Wildman–Crippen MR) is 51.9 cm³/mol. The first kappa shape index (κ1) is 8.53. The van der Waals surface area contributed by atoms with Gasteiger partial charge in [-0.2, -0.15) is 0 Å². The average molecular weight is 161 g/mol. The minimum Gasteiger partial charge on any atom is -0.322 e. The Morgan fingerprint density at radius 3 is 2.75 bits per heavy atom. The van der Waals surface area contributed by atoms with Crippen molar-refractivity contribution in [2.45, 2.75) is 6.92 Å². The Morgan fingerprint density at radius 1 is 1.58 bits per heavy atom. The summed E-state index contributed by atoms with van der Waals surface area (Å²) in [4.78, 5) is 13.6. The molecule has 0 aliphatic carbocycles. The van der Waals surface area contributed by atoms with Gasteiger partial charge in [-0.15, -0.1) is 0 Å². The fraction of sp³-hybridized carbons (Fsp3) is 0.100. The van der Waals surface area contributed by atoms with Gasteiger partial charge in [0, 0.05) is 6.07 Å².